The number of aliphatic hydroxyl groups is 1. The van der Waals surface area contributed by atoms with E-state index >= 15 is 0 Å². The normalized spacial score (nSPS) is 26.0. The molecule has 4 heteroatoms. The van der Waals surface area contributed by atoms with Crippen LogP contribution in [0.1, 0.15) is 53.9 Å². The molecule has 0 spiro atoms. The lowest BCUT2D eigenvalue weighted by molar-refractivity contribution is 0.198. The van der Waals surface area contributed by atoms with Gasteiger partial charge in [-0.05, 0) is 98.8 Å². The number of aryl methyl sites for hydroxylation is 1. The van der Waals surface area contributed by atoms with Crippen molar-refractivity contribution in [2.75, 3.05) is 27.3 Å². The van der Waals surface area contributed by atoms with E-state index in [1.807, 2.05) is 0 Å². The number of ether oxygens (including phenoxy) is 1. The maximum atomic E-state index is 9.56. The minimum absolute atomic E-state index is 0.0914. The van der Waals surface area contributed by atoms with Crippen molar-refractivity contribution in [2.45, 2.75) is 56.5 Å². The highest BCUT2D eigenvalue weighted by Crippen LogP contribution is 2.40. The zero-order valence-corrected chi connectivity index (χ0v) is 18.4. The van der Waals surface area contributed by atoms with Crippen molar-refractivity contribution in [3.8, 4) is 5.75 Å². The van der Waals surface area contributed by atoms with Crippen LogP contribution in [0.25, 0.3) is 0 Å². The molecular formula is C26H36N2O2. The van der Waals surface area contributed by atoms with E-state index in [1.165, 1.54) is 28.7 Å². The van der Waals surface area contributed by atoms with Gasteiger partial charge in [0.05, 0.1) is 13.2 Å². The highest BCUT2D eigenvalue weighted by molar-refractivity contribution is 5.37. The molecule has 162 valence electrons. The van der Waals surface area contributed by atoms with Gasteiger partial charge in [0.1, 0.15) is 5.75 Å². The highest BCUT2D eigenvalue weighted by Gasteiger charge is 2.36. The summed E-state index contributed by atoms with van der Waals surface area (Å²) in [7, 11) is 4.17. The van der Waals surface area contributed by atoms with Crippen LogP contribution in [0.2, 0.25) is 0 Å². The molecule has 1 saturated carbocycles. The van der Waals surface area contributed by atoms with E-state index in [4.69, 9.17) is 10.5 Å². The first-order chi connectivity index (χ1) is 14.4. The van der Waals surface area contributed by atoms with E-state index in [-0.39, 0.29) is 12.1 Å². The van der Waals surface area contributed by atoms with Gasteiger partial charge in [-0.2, -0.15) is 0 Å². The van der Waals surface area contributed by atoms with Crippen molar-refractivity contribution < 1.29 is 9.84 Å². The maximum Gasteiger partial charge on any atom is 0.119 e. The number of nitrogens with zero attached hydrogens (tertiary/aromatic N) is 1. The van der Waals surface area contributed by atoms with Crippen LogP contribution >= 0.6 is 0 Å². The molecule has 2 aromatic carbocycles. The lowest BCUT2D eigenvalue weighted by atomic mass is 9.82. The molecule has 0 amide bonds. The number of aliphatic hydroxyl groups excluding tert-OH is 1. The molecule has 2 aliphatic rings. The number of nitrogens with two attached hydrogens (primary N) is 1. The van der Waals surface area contributed by atoms with Gasteiger partial charge in [0.2, 0.25) is 0 Å². The Kier molecular flexibility index (Phi) is 6.47. The maximum absolute atomic E-state index is 9.56. The zero-order chi connectivity index (χ0) is 21.1. The topological polar surface area (TPSA) is 58.7 Å². The summed E-state index contributed by atoms with van der Waals surface area (Å²) in [5.74, 6) is 2.03. The largest absolute Gasteiger partial charge is 0.493 e. The molecule has 4 rings (SSSR count). The van der Waals surface area contributed by atoms with Crippen molar-refractivity contribution in [2.24, 2.45) is 11.7 Å². The quantitative estimate of drug-likeness (QED) is 0.730. The second kappa shape index (κ2) is 9.09. The molecule has 1 fully saturated rings. The van der Waals surface area contributed by atoms with Crippen molar-refractivity contribution in [3.63, 3.8) is 0 Å². The van der Waals surface area contributed by atoms with Gasteiger partial charge in [0.25, 0.3) is 0 Å². The molecule has 3 atom stereocenters. The second-order valence-electron chi connectivity index (χ2n) is 9.79. The minimum Gasteiger partial charge on any atom is -0.493 e. The molecule has 2 aromatic rings. The Bertz CT molecular complexity index is 866. The third-order valence-electron chi connectivity index (χ3n) is 6.87. The monoisotopic (exact) mass is 408 g/mol. The van der Waals surface area contributed by atoms with Gasteiger partial charge >= 0.3 is 0 Å². The Morgan fingerprint density at radius 1 is 1.13 bits per heavy atom. The first-order valence-corrected chi connectivity index (χ1v) is 11.3. The molecule has 2 aliphatic carbocycles. The standard InChI is InChI=1S/C26H36N2O2/c1-28(2)16-19-4-3-5-25(13-19)30-17-20-6-7-22-14-23(9-8-21(22)12-20)24-10-11-26(27,15-24)18-29/h3-5,8-9,13-14,20,24,29H,6-7,10-12,15-18,27H2,1-2H3/t20?,24-,26+/m0/s1. The Labute approximate surface area is 181 Å². The van der Waals surface area contributed by atoms with Gasteiger partial charge in [0, 0.05) is 12.1 Å². The lowest BCUT2D eigenvalue weighted by Crippen LogP contribution is -2.40. The number of hydrogen-bond donors (Lipinski definition) is 2. The van der Waals surface area contributed by atoms with E-state index in [0.29, 0.717) is 11.8 Å². The summed E-state index contributed by atoms with van der Waals surface area (Å²) < 4.78 is 6.17. The first kappa shape index (κ1) is 21.4. The third-order valence-corrected chi connectivity index (χ3v) is 6.87. The van der Waals surface area contributed by atoms with Gasteiger partial charge in [-0.3, -0.25) is 0 Å². The SMILES string of the molecule is CN(C)Cc1cccc(OCC2CCc3cc([C@H]4CC[C@](N)(CO)C4)ccc3C2)c1. The van der Waals surface area contributed by atoms with E-state index in [0.717, 1.165) is 51.0 Å². The van der Waals surface area contributed by atoms with Crippen LogP contribution in [0.4, 0.5) is 0 Å². The van der Waals surface area contributed by atoms with Crippen LogP contribution in [-0.2, 0) is 19.4 Å². The average molecular weight is 409 g/mol. The molecule has 30 heavy (non-hydrogen) atoms. The average Bonchev–Trinajstić information content (AvgIpc) is 3.14. The molecule has 0 heterocycles. The summed E-state index contributed by atoms with van der Waals surface area (Å²) in [4.78, 5) is 2.17. The molecule has 0 aromatic heterocycles. The fraction of sp³-hybridized carbons (Fsp3) is 0.538. The van der Waals surface area contributed by atoms with E-state index in [1.54, 1.807) is 0 Å². The fourth-order valence-corrected chi connectivity index (χ4v) is 5.14. The first-order valence-electron chi connectivity index (χ1n) is 11.3. The van der Waals surface area contributed by atoms with Gasteiger partial charge < -0.3 is 20.5 Å². The lowest BCUT2D eigenvalue weighted by Gasteiger charge is -2.26. The van der Waals surface area contributed by atoms with E-state index in [2.05, 4.69) is 61.5 Å². The van der Waals surface area contributed by atoms with Crippen LogP contribution in [0.3, 0.4) is 0 Å². The predicted octanol–water partition coefficient (Wildman–Crippen LogP) is 3.89. The summed E-state index contributed by atoms with van der Waals surface area (Å²) in [6.45, 7) is 1.80. The molecule has 3 N–H and O–H groups in total. The molecule has 0 radical (unpaired) electrons. The van der Waals surface area contributed by atoms with Crippen LogP contribution in [0.5, 0.6) is 5.75 Å². The molecule has 0 aliphatic heterocycles. The highest BCUT2D eigenvalue weighted by atomic mass is 16.5. The van der Waals surface area contributed by atoms with Crippen LogP contribution in [0.15, 0.2) is 42.5 Å². The van der Waals surface area contributed by atoms with Crippen molar-refractivity contribution in [1.29, 1.82) is 0 Å². The van der Waals surface area contributed by atoms with Crippen LogP contribution in [0, 0.1) is 5.92 Å². The third kappa shape index (κ3) is 5.05. The summed E-state index contributed by atoms with van der Waals surface area (Å²) in [6, 6.07) is 15.5. The summed E-state index contributed by atoms with van der Waals surface area (Å²) in [6.07, 6.45) is 6.29. The molecule has 4 nitrogen and oxygen atoms in total. The Balaban J connectivity index is 1.34. The van der Waals surface area contributed by atoms with Gasteiger partial charge in [-0.25, -0.2) is 0 Å². The van der Waals surface area contributed by atoms with Gasteiger partial charge in [-0.15, -0.1) is 0 Å². The van der Waals surface area contributed by atoms with E-state index in [9.17, 15) is 5.11 Å². The fourth-order valence-electron chi connectivity index (χ4n) is 5.14. The Hall–Kier alpha value is -1.88. The molecule has 0 saturated heterocycles. The summed E-state index contributed by atoms with van der Waals surface area (Å²) in [5.41, 5.74) is 11.6. The van der Waals surface area contributed by atoms with Crippen molar-refractivity contribution >= 4 is 0 Å². The number of benzene rings is 2. The molecule has 1 unspecified atom stereocenters. The van der Waals surface area contributed by atoms with Crippen molar-refractivity contribution in [1.82, 2.24) is 4.90 Å². The van der Waals surface area contributed by atoms with Crippen LogP contribution < -0.4 is 10.5 Å². The summed E-state index contributed by atoms with van der Waals surface area (Å²) in [5, 5.41) is 9.56. The van der Waals surface area contributed by atoms with Gasteiger partial charge in [-0.1, -0.05) is 30.3 Å². The molecule has 0 bridgehead atoms. The number of rotatable bonds is 7. The Morgan fingerprint density at radius 3 is 2.77 bits per heavy atom. The smallest absolute Gasteiger partial charge is 0.119 e. The minimum atomic E-state index is -0.382. The molecular weight excluding hydrogens is 372 g/mol. The van der Waals surface area contributed by atoms with Crippen LogP contribution in [-0.4, -0.2) is 42.9 Å². The van der Waals surface area contributed by atoms with Gasteiger partial charge in [0.15, 0.2) is 0 Å². The predicted molar refractivity (Wildman–Crippen MR) is 122 cm³/mol. The second-order valence-corrected chi connectivity index (χ2v) is 9.79. The summed E-state index contributed by atoms with van der Waals surface area (Å²) >= 11 is 0. The number of fused-ring (bicyclic) bond motifs is 1. The number of hydrogen-bond acceptors (Lipinski definition) is 4. The zero-order valence-electron chi connectivity index (χ0n) is 18.4. The Morgan fingerprint density at radius 2 is 2.00 bits per heavy atom. The van der Waals surface area contributed by atoms with E-state index < -0.39 is 0 Å². The van der Waals surface area contributed by atoms with Crippen molar-refractivity contribution in [3.05, 3.63) is 64.7 Å².